The summed E-state index contributed by atoms with van der Waals surface area (Å²) in [6, 6.07) is 17.4. The van der Waals surface area contributed by atoms with Crippen LogP contribution in [0.5, 0.6) is 0 Å². The highest BCUT2D eigenvalue weighted by Gasteiger charge is 2.40. The van der Waals surface area contributed by atoms with Crippen LogP contribution in [0, 0.1) is 12.3 Å². The molecular weight excluding hydrogens is 590 g/mol. The minimum Gasteiger partial charge on any atom is -0.453 e. The Morgan fingerprint density at radius 1 is 1.02 bits per heavy atom. The van der Waals surface area contributed by atoms with Gasteiger partial charge in [-0.25, -0.2) is 14.7 Å². The predicted octanol–water partition coefficient (Wildman–Crippen LogP) is 1.49. The molecule has 0 spiro atoms. The maximum absolute atomic E-state index is 14.3. The van der Waals surface area contributed by atoms with Crippen molar-refractivity contribution >= 4 is 35.6 Å². The largest absolute Gasteiger partial charge is 0.453 e. The van der Waals surface area contributed by atoms with Crippen molar-refractivity contribution in [2.45, 2.75) is 43.8 Å². The van der Waals surface area contributed by atoms with E-state index < -0.39 is 53.7 Å². The molecule has 4 rings (SSSR count). The zero-order chi connectivity index (χ0) is 33.2. The number of nitrogens with two attached hydrogens (primary N) is 1. The van der Waals surface area contributed by atoms with Crippen LogP contribution in [-0.2, 0) is 32.0 Å². The Kier molecular flexibility index (Phi) is 11.4. The Bertz CT molecular complexity index is 1590. The molecule has 1 aromatic heterocycles. The van der Waals surface area contributed by atoms with Crippen LogP contribution in [0.1, 0.15) is 45.7 Å². The second kappa shape index (κ2) is 15.6. The minimum atomic E-state index is -1.36. The number of hydrogen-bond acceptors (Lipinski definition) is 10. The fourth-order valence-electron chi connectivity index (χ4n) is 4.94. The average molecular weight is 627 g/mol. The van der Waals surface area contributed by atoms with E-state index in [0.29, 0.717) is 29.8 Å². The second-order valence-electron chi connectivity index (χ2n) is 10.7. The Balaban J connectivity index is 1.69. The van der Waals surface area contributed by atoms with E-state index in [1.165, 1.54) is 12.1 Å². The van der Waals surface area contributed by atoms with Crippen molar-refractivity contribution in [2.75, 3.05) is 13.7 Å². The number of alkyl carbamates (subject to hydrolysis) is 1. The van der Waals surface area contributed by atoms with Crippen molar-refractivity contribution in [3.63, 3.8) is 0 Å². The van der Waals surface area contributed by atoms with Crippen molar-refractivity contribution in [3.8, 4) is 0 Å². The third kappa shape index (κ3) is 8.46. The van der Waals surface area contributed by atoms with Gasteiger partial charge >= 0.3 is 6.09 Å². The summed E-state index contributed by atoms with van der Waals surface area (Å²) in [6.07, 6.45) is 0.251. The van der Waals surface area contributed by atoms with Gasteiger partial charge in [-0.2, -0.15) is 0 Å². The first-order valence-corrected chi connectivity index (χ1v) is 14.6. The van der Waals surface area contributed by atoms with E-state index in [9.17, 15) is 24.0 Å². The first kappa shape index (κ1) is 33.6. The first-order chi connectivity index (χ1) is 22.1. The van der Waals surface area contributed by atoms with Gasteiger partial charge in [-0.15, -0.1) is 0 Å². The summed E-state index contributed by atoms with van der Waals surface area (Å²) in [5.74, 6) is -4.02. The Morgan fingerprint density at radius 2 is 1.65 bits per heavy atom. The van der Waals surface area contributed by atoms with Crippen LogP contribution in [0.4, 0.5) is 4.79 Å². The van der Waals surface area contributed by atoms with Crippen molar-refractivity contribution in [1.82, 2.24) is 25.8 Å². The van der Waals surface area contributed by atoms with Crippen LogP contribution in [-0.4, -0.2) is 77.2 Å². The summed E-state index contributed by atoms with van der Waals surface area (Å²) in [7, 11) is 1.12. The molecule has 13 nitrogen and oxygen atoms in total. The van der Waals surface area contributed by atoms with Crippen molar-refractivity contribution < 1.29 is 28.7 Å². The number of amidine groups is 1. The smallest absolute Gasteiger partial charge is 0.412 e. The number of hydrogen-bond donors (Lipinski definition) is 5. The molecule has 1 saturated heterocycles. The molecule has 1 radical (unpaired) electrons. The van der Waals surface area contributed by atoms with E-state index >= 15 is 0 Å². The van der Waals surface area contributed by atoms with Gasteiger partial charge in [0.1, 0.15) is 17.4 Å². The standard InChI is InChI=1S/C33H36N7O6/c1-20-15-16-24(28(35)39-33(45)46-2)37-27(20)32(44)40(30(42)25-14-9-17-36-25)31(43)26(19-22-12-7-4-8-13-22)38-29(41)23(34)18-21-10-5-3-6-11-21/h3-8,10-13,15-16,23,25-26,36H,1,9,14,17-19,34H2,2H3,(H,38,41)(H2,35,39,45)/t23-,25-,26-/m0/s1. The molecular formula is C33H36N7O6. The van der Waals surface area contributed by atoms with Crippen LogP contribution in [0.25, 0.3) is 0 Å². The van der Waals surface area contributed by atoms with E-state index in [1.54, 1.807) is 30.3 Å². The van der Waals surface area contributed by atoms with Crippen LogP contribution >= 0.6 is 0 Å². The third-order valence-corrected chi connectivity index (χ3v) is 7.38. The summed E-state index contributed by atoms with van der Waals surface area (Å²) in [5.41, 5.74) is 7.25. The maximum atomic E-state index is 14.3. The first-order valence-electron chi connectivity index (χ1n) is 14.6. The Morgan fingerprint density at radius 3 is 2.24 bits per heavy atom. The molecule has 3 atom stereocenters. The number of imide groups is 3. The van der Waals surface area contributed by atoms with Gasteiger partial charge in [-0.05, 0) is 55.5 Å². The van der Waals surface area contributed by atoms with Gasteiger partial charge < -0.3 is 21.1 Å². The number of carbonyl (C=O) groups excluding carboxylic acids is 5. The topological polar surface area (TPSA) is 197 Å². The van der Waals surface area contributed by atoms with Crippen molar-refractivity contribution in [3.05, 3.63) is 108 Å². The number of ether oxygens (including phenoxy) is 1. The molecule has 2 aromatic carbocycles. The normalized spacial score (nSPS) is 15.2. The molecule has 1 fully saturated rings. The molecule has 0 unspecified atom stereocenters. The molecule has 1 aliphatic heterocycles. The van der Waals surface area contributed by atoms with E-state index in [2.05, 4.69) is 32.6 Å². The summed E-state index contributed by atoms with van der Waals surface area (Å²) < 4.78 is 4.51. The molecule has 6 N–H and O–H groups in total. The number of benzene rings is 2. The molecule has 5 amide bonds. The highest BCUT2D eigenvalue weighted by atomic mass is 16.5. The van der Waals surface area contributed by atoms with E-state index in [0.717, 1.165) is 12.7 Å². The lowest BCUT2D eigenvalue weighted by Gasteiger charge is -2.28. The molecule has 46 heavy (non-hydrogen) atoms. The lowest BCUT2D eigenvalue weighted by Crippen LogP contribution is -2.58. The summed E-state index contributed by atoms with van der Waals surface area (Å²) in [4.78, 5) is 71.9. The maximum Gasteiger partial charge on any atom is 0.412 e. The number of carbonyl (C=O) groups is 5. The summed E-state index contributed by atoms with van der Waals surface area (Å²) >= 11 is 0. The number of rotatable bonds is 10. The lowest BCUT2D eigenvalue weighted by atomic mass is 10.0. The SMILES string of the molecule is [CH2]c1ccc(C(=N)NC(=O)OC)nc1C(=O)N(C(=O)[C@@H]1CCCN1)C(=O)[C@H](Cc1ccccc1)NC(=O)[C@@H](N)Cc1ccccc1. The van der Waals surface area contributed by atoms with Crippen LogP contribution < -0.4 is 21.7 Å². The molecule has 0 saturated carbocycles. The highest BCUT2D eigenvalue weighted by Crippen LogP contribution is 2.18. The van der Waals surface area contributed by atoms with Gasteiger partial charge in [0.05, 0.1) is 19.2 Å². The van der Waals surface area contributed by atoms with Gasteiger partial charge in [-0.1, -0.05) is 66.7 Å². The quantitative estimate of drug-likeness (QED) is 0.126. The molecule has 3 aromatic rings. The predicted molar refractivity (Wildman–Crippen MR) is 168 cm³/mol. The minimum absolute atomic E-state index is 0.0446. The zero-order valence-corrected chi connectivity index (χ0v) is 25.3. The number of nitrogens with zero attached hydrogens (tertiary/aromatic N) is 2. The fourth-order valence-corrected chi connectivity index (χ4v) is 4.94. The van der Waals surface area contributed by atoms with Gasteiger partial charge in [0, 0.05) is 6.42 Å². The number of amides is 5. The second-order valence-corrected chi connectivity index (χ2v) is 10.7. The van der Waals surface area contributed by atoms with Crippen molar-refractivity contribution in [1.29, 1.82) is 5.41 Å². The monoisotopic (exact) mass is 626 g/mol. The number of methoxy groups -OCH3 is 1. The fraction of sp³-hybridized carbons (Fsp3) is 0.273. The van der Waals surface area contributed by atoms with Gasteiger partial charge in [0.15, 0.2) is 5.84 Å². The number of nitrogens with one attached hydrogen (secondary N) is 4. The molecule has 0 bridgehead atoms. The molecule has 0 aliphatic carbocycles. The van der Waals surface area contributed by atoms with Crippen LogP contribution in [0.2, 0.25) is 0 Å². The van der Waals surface area contributed by atoms with Gasteiger partial charge in [0.25, 0.3) is 17.7 Å². The lowest BCUT2D eigenvalue weighted by molar-refractivity contribution is -0.145. The van der Waals surface area contributed by atoms with Gasteiger partial charge in [0.2, 0.25) is 5.91 Å². The van der Waals surface area contributed by atoms with E-state index in [-0.39, 0.29) is 29.8 Å². The average Bonchev–Trinajstić information content (AvgIpc) is 3.61. The van der Waals surface area contributed by atoms with Crippen LogP contribution in [0.15, 0.2) is 72.8 Å². The number of aromatic nitrogens is 1. The molecule has 2 heterocycles. The Hall–Kier alpha value is -5.27. The molecule has 13 heteroatoms. The third-order valence-electron chi connectivity index (χ3n) is 7.38. The zero-order valence-electron chi connectivity index (χ0n) is 25.3. The van der Waals surface area contributed by atoms with Crippen LogP contribution in [0.3, 0.4) is 0 Å². The number of pyridine rings is 1. The Labute approximate surface area is 266 Å². The van der Waals surface area contributed by atoms with Gasteiger partial charge in [-0.3, -0.25) is 29.9 Å². The highest BCUT2D eigenvalue weighted by molar-refractivity contribution is 6.19. The molecule has 1 aliphatic rings. The van der Waals surface area contributed by atoms with E-state index in [1.807, 2.05) is 30.3 Å². The van der Waals surface area contributed by atoms with E-state index in [4.69, 9.17) is 11.1 Å². The summed E-state index contributed by atoms with van der Waals surface area (Å²) in [5, 5.41) is 16.0. The van der Waals surface area contributed by atoms with Crippen molar-refractivity contribution in [2.24, 2.45) is 5.73 Å². The molecule has 239 valence electrons. The summed E-state index contributed by atoms with van der Waals surface area (Å²) in [6.45, 7) is 4.33.